The van der Waals surface area contributed by atoms with Gasteiger partial charge in [-0.1, -0.05) is 18.2 Å². The molecule has 3 heterocycles. The molecule has 0 spiro atoms. The lowest BCUT2D eigenvalue weighted by atomic mass is 9.75. The topological polar surface area (TPSA) is 79.4 Å². The van der Waals surface area contributed by atoms with E-state index in [1.807, 2.05) is 29.6 Å². The lowest BCUT2D eigenvalue weighted by Gasteiger charge is -2.39. The summed E-state index contributed by atoms with van der Waals surface area (Å²) in [7, 11) is 0. The van der Waals surface area contributed by atoms with Crippen LogP contribution in [0.4, 0.5) is 14.9 Å². The first-order valence-electron chi connectivity index (χ1n) is 9.37. The van der Waals surface area contributed by atoms with E-state index in [-0.39, 0.29) is 18.5 Å². The largest absolute Gasteiger partial charge is 0.335 e. The van der Waals surface area contributed by atoms with Crippen LogP contribution >= 0.6 is 11.3 Å². The van der Waals surface area contributed by atoms with Crippen LogP contribution in [0, 0.1) is 11.2 Å². The number of pyridine rings is 1. The van der Waals surface area contributed by atoms with E-state index in [1.165, 1.54) is 35.6 Å². The van der Waals surface area contributed by atoms with Crippen molar-refractivity contribution in [1.82, 2.24) is 10.3 Å². The Morgan fingerprint density at radius 1 is 1.03 bits per heavy atom. The van der Waals surface area contributed by atoms with Crippen LogP contribution < -0.4 is 10.2 Å². The lowest BCUT2D eigenvalue weighted by molar-refractivity contribution is -0.143. The van der Waals surface area contributed by atoms with Crippen molar-refractivity contribution in [1.29, 1.82) is 0 Å². The number of nitrogens with zero attached hydrogens (tertiary/aromatic N) is 2. The van der Waals surface area contributed by atoms with E-state index in [0.29, 0.717) is 6.42 Å². The van der Waals surface area contributed by atoms with Crippen LogP contribution in [0.3, 0.4) is 0 Å². The predicted molar refractivity (Wildman–Crippen MR) is 110 cm³/mol. The molecule has 0 radical (unpaired) electrons. The minimum atomic E-state index is -1.54. The third kappa shape index (κ3) is 3.61. The number of aryl methyl sites for hydroxylation is 1. The van der Waals surface area contributed by atoms with E-state index in [4.69, 9.17) is 0 Å². The maximum absolute atomic E-state index is 14.4. The van der Waals surface area contributed by atoms with Crippen LogP contribution in [0.5, 0.6) is 0 Å². The second-order valence-corrected chi connectivity index (χ2v) is 8.08. The summed E-state index contributed by atoms with van der Waals surface area (Å²) < 4.78 is 14.4. The minimum absolute atomic E-state index is 0.124. The summed E-state index contributed by atoms with van der Waals surface area (Å²) in [5.74, 6) is -2.09. The number of imide groups is 2. The number of halogens is 1. The number of amides is 4. The van der Waals surface area contributed by atoms with Crippen molar-refractivity contribution in [3.63, 3.8) is 0 Å². The number of carbonyl (C=O) groups excluding carboxylic acids is 3. The molecule has 1 fully saturated rings. The highest BCUT2D eigenvalue weighted by Crippen LogP contribution is 2.38. The van der Waals surface area contributed by atoms with E-state index in [0.717, 1.165) is 15.3 Å². The van der Waals surface area contributed by atoms with Gasteiger partial charge in [-0.15, -0.1) is 11.3 Å². The normalized spacial score (nSPS) is 19.1. The van der Waals surface area contributed by atoms with Crippen LogP contribution in [-0.2, 0) is 22.4 Å². The monoisotopic (exact) mass is 423 g/mol. The van der Waals surface area contributed by atoms with Crippen LogP contribution in [0.2, 0.25) is 0 Å². The molecule has 4 rings (SSSR count). The maximum Gasteiger partial charge on any atom is 0.335 e. The van der Waals surface area contributed by atoms with Crippen molar-refractivity contribution in [2.45, 2.75) is 19.3 Å². The summed E-state index contributed by atoms with van der Waals surface area (Å²) in [6.45, 7) is 0. The number of carbonyl (C=O) groups is 3. The second-order valence-electron chi connectivity index (χ2n) is 7.04. The van der Waals surface area contributed by atoms with Gasteiger partial charge in [0.15, 0.2) is 0 Å². The van der Waals surface area contributed by atoms with Crippen LogP contribution in [-0.4, -0.2) is 22.8 Å². The highest BCUT2D eigenvalue weighted by molar-refractivity contribution is 7.09. The van der Waals surface area contributed by atoms with Crippen molar-refractivity contribution in [2.24, 2.45) is 5.41 Å². The highest BCUT2D eigenvalue weighted by Gasteiger charge is 2.54. The predicted octanol–water partition coefficient (Wildman–Crippen LogP) is 3.73. The van der Waals surface area contributed by atoms with Crippen molar-refractivity contribution in [3.8, 4) is 0 Å². The Hall–Kier alpha value is -3.39. The second kappa shape index (κ2) is 8.16. The number of thiophene rings is 1. The third-order valence-corrected chi connectivity index (χ3v) is 6.09. The van der Waals surface area contributed by atoms with Gasteiger partial charge in [0.25, 0.3) is 5.91 Å². The van der Waals surface area contributed by atoms with Crippen molar-refractivity contribution >= 4 is 34.9 Å². The molecule has 1 saturated heterocycles. The van der Waals surface area contributed by atoms with Gasteiger partial charge in [0, 0.05) is 23.7 Å². The molecular weight excluding hydrogens is 405 g/mol. The SMILES string of the molecule is O=C1NC(=O)[C@](CCc2ccncc2)(Cc2cccs2)C(=O)N1c1ccccc1F. The Bertz CT molecular complexity index is 1090. The zero-order valence-electron chi connectivity index (χ0n) is 15.9. The number of hydrogen-bond donors (Lipinski definition) is 1. The van der Waals surface area contributed by atoms with Gasteiger partial charge in [-0.25, -0.2) is 14.1 Å². The molecule has 1 aliphatic rings. The Balaban J connectivity index is 1.75. The lowest BCUT2D eigenvalue weighted by Crippen LogP contribution is -2.65. The maximum atomic E-state index is 14.4. The van der Waals surface area contributed by atoms with Crippen molar-refractivity contribution < 1.29 is 18.8 Å². The molecule has 6 nitrogen and oxygen atoms in total. The van der Waals surface area contributed by atoms with E-state index >= 15 is 0 Å². The molecule has 4 amide bonds. The van der Waals surface area contributed by atoms with Gasteiger partial charge in [-0.2, -0.15) is 0 Å². The van der Waals surface area contributed by atoms with Gasteiger partial charge >= 0.3 is 6.03 Å². The zero-order chi connectivity index (χ0) is 21.1. The number of urea groups is 1. The molecule has 3 aromatic rings. The van der Waals surface area contributed by atoms with Gasteiger partial charge in [0.1, 0.15) is 11.2 Å². The molecule has 8 heteroatoms. The number of hydrogen-bond acceptors (Lipinski definition) is 5. The fourth-order valence-electron chi connectivity index (χ4n) is 3.61. The Labute approximate surface area is 176 Å². The summed E-state index contributed by atoms with van der Waals surface area (Å²) in [6.07, 6.45) is 3.99. The van der Waals surface area contributed by atoms with Crippen molar-refractivity contribution in [3.05, 3.63) is 82.6 Å². The number of rotatable bonds is 6. The minimum Gasteiger partial charge on any atom is -0.276 e. The fraction of sp³-hybridized carbons (Fsp3) is 0.182. The molecule has 30 heavy (non-hydrogen) atoms. The number of benzene rings is 1. The van der Waals surface area contributed by atoms with E-state index in [2.05, 4.69) is 10.3 Å². The molecular formula is C22H18FN3O3S. The molecule has 0 aliphatic carbocycles. The molecule has 0 bridgehead atoms. The Morgan fingerprint density at radius 3 is 2.50 bits per heavy atom. The Kier molecular flexibility index (Phi) is 5.41. The standard InChI is InChI=1S/C22H18FN3O3S/c23-17-5-1-2-6-18(17)26-20(28)22(19(27)25-21(26)29,14-16-4-3-13-30-16)10-7-15-8-11-24-12-9-15/h1-6,8-9,11-13H,7,10,14H2,(H,25,27,29)/t22-/m0/s1. The first-order chi connectivity index (χ1) is 14.5. The fourth-order valence-corrected chi connectivity index (χ4v) is 4.43. The summed E-state index contributed by atoms with van der Waals surface area (Å²) in [5.41, 5.74) is -0.804. The summed E-state index contributed by atoms with van der Waals surface area (Å²) in [5, 5.41) is 4.14. The summed E-state index contributed by atoms with van der Waals surface area (Å²) in [6, 6.07) is 11.9. The quantitative estimate of drug-likeness (QED) is 0.613. The number of nitrogens with one attached hydrogen (secondary N) is 1. The third-order valence-electron chi connectivity index (χ3n) is 5.21. The molecule has 1 aliphatic heterocycles. The smallest absolute Gasteiger partial charge is 0.276 e. The first kappa shape index (κ1) is 19.9. The molecule has 2 aromatic heterocycles. The van der Waals surface area contributed by atoms with Crippen molar-refractivity contribution in [2.75, 3.05) is 4.90 Å². The van der Waals surface area contributed by atoms with Gasteiger partial charge < -0.3 is 0 Å². The van der Waals surface area contributed by atoms with Crippen LogP contribution in [0.15, 0.2) is 66.3 Å². The Morgan fingerprint density at radius 2 is 1.80 bits per heavy atom. The van der Waals surface area contributed by atoms with E-state index in [1.54, 1.807) is 12.4 Å². The van der Waals surface area contributed by atoms with Crippen LogP contribution in [0.25, 0.3) is 0 Å². The molecule has 0 unspecified atom stereocenters. The van der Waals surface area contributed by atoms with Crippen LogP contribution in [0.1, 0.15) is 16.9 Å². The number of aromatic nitrogens is 1. The molecule has 1 aromatic carbocycles. The van der Waals surface area contributed by atoms with E-state index < -0.39 is 29.1 Å². The zero-order valence-corrected chi connectivity index (χ0v) is 16.7. The van der Waals surface area contributed by atoms with Gasteiger partial charge in [0.05, 0.1) is 5.69 Å². The van der Waals surface area contributed by atoms with Gasteiger partial charge in [-0.05, 0) is 54.1 Å². The summed E-state index contributed by atoms with van der Waals surface area (Å²) in [4.78, 5) is 44.8. The first-order valence-corrected chi connectivity index (χ1v) is 10.2. The highest BCUT2D eigenvalue weighted by atomic mass is 32.1. The average Bonchev–Trinajstić information content (AvgIpc) is 3.25. The molecule has 1 N–H and O–H groups in total. The summed E-state index contributed by atoms with van der Waals surface area (Å²) >= 11 is 1.42. The number of barbiturate groups is 1. The molecule has 0 saturated carbocycles. The van der Waals surface area contributed by atoms with Gasteiger partial charge in [-0.3, -0.25) is 19.9 Å². The number of para-hydroxylation sites is 1. The molecule has 1 atom stereocenters. The average molecular weight is 423 g/mol. The number of anilines is 1. The van der Waals surface area contributed by atoms with E-state index in [9.17, 15) is 18.8 Å². The molecule has 152 valence electrons. The van der Waals surface area contributed by atoms with Gasteiger partial charge in [0.2, 0.25) is 5.91 Å².